The van der Waals surface area contributed by atoms with E-state index in [1.807, 2.05) is 6.92 Å². The first kappa shape index (κ1) is 15.2. The van der Waals surface area contributed by atoms with Crippen LogP contribution < -0.4 is 4.74 Å². The van der Waals surface area contributed by atoms with Crippen LogP contribution in [0.3, 0.4) is 0 Å². The van der Waals surface area contributed by atoms with Crippen LogP contribution in [0.2, 0.25) is 0 Å². The average molecular weight is 334 g/mol. The molecule has 1 aliphatic rings. The fourth-order valence-corrected chi connectivity index (χ4v) is 3.40. The first-order chi connectivity index (χ1) is 11.9. The van der Waals surface area contributed by atoms with Crippen molar-refractivity contribution in [3.8, 4) is 17.2 Å². The molecule has 0 fully saturated rings. The minimum absolute atomic E-state index is 0.0372. The van der Waals surface area contributed by atoms with E-state index in [1.54, 1.807) is 12.1 Å². The standard InChI is InChI=1S/C20H14O5/c1-9-6-12-11(15(7-9)25-2)8-13-17(19(12)23)18(22)10-4-3-5-14(21)16(10)20(13)24/h3-8,21,23H,1-2H3. The van der Waals surface area contributed by atoms with Crippen molar-refractivity contribution in [2.24, 2.45) is 0 Å². The third-order valence-electron chi connectivity index (χ3n) is 4.54. The maximum Gasteiger partial charge on any atom is 0.198 e. The summed E-state index contributed by atoms with van der Waals surface area (Å²) in [6.45, 7) is 1.85. The van der Waals surface area contributed by atoms with Gasteiger partial charge in [0.25, 0.3) is 0 Å². The van der Waals surface area contributed by atoms with Crippen LogP contribution in [0.5, 0.6) is 17.2 Å². The van der Waals surface area contributed by atoms with E-state index >= 15 is 0 Å². The lowest BCUT2D eigenvalue weighted by atomic mass is 9.81. The lowest BCUT2D eigenvalue weighted by Crippen LogP contribution is -2.21. The van der Waals surface area contributed by atoms with Crippen molar-refractivity contribution in [1.82, 2.24) is 0 Å². The third kappa shape index (κ3) is 1.96. The molecule has 0 bridgehead atoms. The molecule has 1 aliphatic carbocycles. The second-order valence-corrected chi connectivity index (χ2v) is 6.07. The van der Waals surface area contributed by atoms with Crippen LogP contribution in [-0.4, -0.2) is 28.9 Å². The zero-order valence-corrected chi connectivity index (χ0v) is 13.6. The Morgan fingerprint density at radius 2 is 1.60 bits per heavy atom. The summed E-state index contributed by atoms with van der Waals surface area (Å²) in [4.78, 5) is 25.7. The Labute approximate surface area is 143 Å². The van der Waals surface area contributed by atoms with Gasteiger partial charge in [-0.25, -0.2) is 0 Å². The number of phenolic OH excluding ortho intramolecular Hbond substituents is 2. The van der Waals surface area contributed by atoms with Gasteiger partial charge in [0.1, 0.15) is 17.2 Å². The van der Waals surface area contributed by atoms with Crippen LogP contribution in [0.1, 0.15) is 37.4 Å². The number of phenols is 2. The van der Waals surface area contributed by atoms with Crippen LogP contribution in [0.15, 0.2) is 36.4 Å². The number of fused-ring (bicyclic) bond motifs is 3. The average Bonchev–Trinajstić information content (AvgIpc) is 2.59. The van der Waals surface area contributed by atoms with Crippen LogP contribution >= 0.6 is 0 Å². The molecule has 0 aromatic heterocycles. The summed E-state index contributed by atoms with van der Waals surface area (Å²) < 4.78 is 5.35. The molecule has 0 unspecified atom stereocenters. The highest BCUT2D eigenvalue weighted by Gasteiger charge is 2.35. The number of hydrogen-bond acceptors (Lipinski definition) is 5. The van der Waals surface area contributed by atoms with Crippen LogP contribution in [0.25, 0.3) is 10.8 Å². The van der Waals surface area contributed by atoms with Crippen LogP contribution in [-0.2, 0) is 0 Å². The monoisotopic (exact) mass is 334 g/mol. The zero-order chi connectivity index (χ0) is 17.9. The Balaban J connectivity index is 2.14. The summed E-state index contributed by atoms with van der Waals surface area (Å²) in [6, 6.07) is 9.39. The Hall–Kier alpha value is -3.34. The molecule has 4 rings (SSSR count). The zero-order valence-electron chi connectivity index (χ0n) is 13.6. The molecule has 5 nitrogen and oxygen atoms in total. The number of benzene rings is 3. The molecule has 0 heterocycles. The van der Waals surface area contributed by atoms with Gasteiger partial charge in [-0.1, -0.05) is 12.1 Å². The molecule has 0 saturated heterocycles. The highest BCUT2D eigenvalue weighted by molar-refractivity contribution is 6.31. The van der Waals surface area contributed by atoms with Gasteiger partial charge in [0.2, 0.25) is 0 Å². The Morgan fingerprint density at radius 1 is 0.880 bits per heavy atom. The maximum atomic E-state index is 12.9. The smallest absolute Gasteiger partial charge is 0.198 e. The van der Waals surface area contributed by atoms with Gasteiger partial charge in [-0.05, 0) is 36.8 Å². The second-order valence-electron chi connectivity index (χ2n) is 6.07. The summed E-state index contributed by atoms with van der Waals surface area (Å²) in [5, 5.41) is 21.7. The van der Waals surface area contributed by atoms with Crippen molar-refractivity contribution in [3.63, 3.8) is 0 Å². The molecule has 2 N–H and O–H groups in total. The number of carbonyl (C=O) groups is 2. The van der Waals surface area contributed by atoms with Crippen molar-refractivity contribution >= 4 is 22.3 Å². The summed E-state index contributed by atoms with van der Waals surface area (Å²) in [7, 11) is 1.50. The molecule has 25 heavy (non-hydrogen) atoms. The minimum atomic E-state index is -0.498. The molecule has 3 aromatic carbocycles. The number of ether oxygens (including phenoxy) is 1. The molecule has 3 aromatic rings. The highest BCUT2D eigenvalue weighted by Crippen LogP contribution is 2.42. The molecular formula is C20H14O5. The number of ketones is 2. The summed E-state index contributed by atoms with van der Waals surface area (Å²) in [6.07, 6.45) is 0. The van der Waals surface area contributed by atoms with E-state index in [-0.39, 0.29) is 33.8 Å². The van der Waals surface area contributed by atoms with E-state index in [2.05, 4.69) is 0 Å². The molecular weight excluding hydrogens is 320 g/mol. The van der Waals surface area contributed by atoms with E-state index in [1.165, 1.54) is 31.4 Å². The van der Waals surface area contributed by atoms with E-state index < -0.39 is 11.6 Å². The number of aromatic hydroxyl groups is 2. The van der Waals surface area contributed by atoms with Gasteiger partial charge in [-0.15, -0.1) is 0 Å². The summed E-state index contributed by atoms with van der Waals surface area (Å²) in [5.74, 6) is -0.988. The number of aryl methyl sites for hydroxylation is 1. The molecule has 124 valence electrons. The number of rotatable bonds is 1. The first-order valence-corrected chi connectivity index (χ1v) is 7.69. The molecule has 0 spiro atoms. The van der Waals surface area contributed by atoms with Crippen molar-refractivity contribution < 1.29 is 24.5 Å². The van der Waals surface area contributed by atoms with Crippen molar-refractivity contribution in [1.29, 1.82) is 0 Å². The summed E-state index contributed by atoms with van der Waals surface area (Å²) >= 11 is 0. The van der Waals surface area contributed by atoms with Gasteiger partial charge in [0, 0.05) is 21.9 Å². The molecule has 0 saturated carbocycles. The van der Waals surface area contributed by atoms with E-state index in [4.69, 9.17) is 4.74 Å². The predicted molar refractivity (Wildman–Crippen MR) is 91.9 cm³/mol. The van der Waals surface area contributed by atoms with Gasteiger partial charge >= 0.3 is 0 Å². The number of carbonyl (C=O) groups excluding carboxylic acids is 2. The Morgan fingerprint density at radius 3 is 2.32 bits per heavy atom. The van der Waals surface area contributed by atoms with Crippen LogP contribution in [0, 0.1) is 6.92 Å². The van der Waals surface area contributed by atoms with Crippen molar-refractivity contribution in [2.75, 3.05) is 7.11 Å². The fraction of sp³-hybridized carbons (Fsp3) is 0.100. The molecule has 0 radical (unpaired) electrons. The van der Waals surface area contributed by atoms with Gasteiger partial charge in [-0.3, -0.25) is 9.59 Å². The topological polar surface area (TPSA) is 83.8 Å². The summed E-state index contributed by atoms with van der Waals surface area (Å²) in [5.41, 5.74) is 0.929. The molecule has 0 amide bonds. The normalized spacial score (nSPS) is 12.9. The molecule has 5 heteroatoms. The largest absolute Gasteiger partial charge is 0.507 e. The number of methoxy groups -OCH3 is 1. The minimum Gasteiger partial charge on any atom is -0.507 e. The quantitative estimate of drug-likeness (QED) is 0.558. The molecule has 0 aliphatic heterocycles. The van der Waals surface area contributed by atoms with Crippen molar-refractivity contribution in [3.05, 3.63) is 64.2 Å². The molecule has 0 atom stereocenters. The Kier molecular flexibility index (Phi) is 3.09. The first-order valence-electron chi connectivity index (χ1n) is 7.69. The lowest BCUT2D eigenvalue weighted by molar-refractivity contribution is 0.0974. The highest BCUT2D eigenvalue weighted by atomic mass is 16.5. The lowest BCUT2D eigenvalue weighted by Gasteiger charge is -2.21. The SMILES string of the molecule is COc1cc(C)cc2c(O)c3c(cc12)C(=O)c1c(O)cccc1C3=O. The third-order valence-corrected chi connectivity index (χ3v) is 4.54. The van der Waals surface area contributed by atoms with Crippen LogP contribution in [0.4, 0.5) is 0 Å². The predicted octanol–water partition coefficient (Wildman–Crippen LogP) is 3.34. The van der Waals surface area contributed by atoms with E-state index in [9.17, 15) is 19.8 Å². The van der Waals surface area contributed by atoms with E-state index in [0.717, 1.165) is 5.56 Å². The number of hydrogen-bond donors (Lipinski definition) is 2. The second kappa shape index (κ2) is 5.08. The fourth-order valence-electron chi connectivity index (χ4n) is 3.40. The Bertz CT molecular complexity index is 1100. The van der Waals surface area contributed by atoms with Gasteiger partial charge < -0.3 is 14.9 Å². The van der Waals surface area contributed by atoms with E-state index in [0.29, 0.717) is 16.5 Å². The van der Waals surface area contributed by atoms with Gasteiger partial charge in [0.15, 0.2) is 11.6 Å². The van der Waals surface area contributed by atoms with Gasteiger partial charge in [0.05, 0.1) is 18.2 Å². The van der Waals surface area contributed by atoms with Crippen molar-refractivity contribution in [2.45, 2.75) is 6.92 Å². The maximum absolute atomic E-state index is 12.9. The van der Waals surface area contributed by atoms with Gasteiger partial charge in [-0.2, -0.15) is 0 Å².